The lowest BCUT2D eigenvalue weighted by atomic mass is 9.85. The second kappa shape index (κ2) is 24.7. The molecule has 428 valence electrons. The van der Waals surface area contributed by atoms with E-state index in [0.717, 1.165) is 49.7 Å². The lowest BCUT2D eigenvalue weighted by molar-refractivity contribution is -0.144. The SMILES string of the molecule is CN[C@@H](C)C(=O)N[C@H](C(=O)N1C[C@@H](NC(=O)c2ccc3cc(C(=O)N[C@H]4C[C@@H](C(=O)NC5CCCc6ccccc65)N(C(=O)[C@@H](NC(=O)[C@H](C)NC)C(C)(C)C)C4)ccc3c2)C[C@H]1C(=O)NC1CCCc2ccccc21)C(C)(C)C. The molecule has 8 amide bonds. The van der Waals surface area contributed by atoms with Crippen molar-refractivity contribution in [2.45, 2.75) is 167 Å². The predicted molar refractivity (Wildman–Crippen MR) is 307 cm³/mol. The molecule has 18 heteroatoms. The van der Waals surface area contributed by atoms with Gasteiger partial charge in [-0.1, -0.05) is 102 Å². The summed E-state index contributed by atoms with van der Waals surface area (Å²) < 4.78 is 0. The third-order valence-electron chi connectivity index (χ3n) is 16.6. The average molecular weight is 1100 g/mol. The van der Waals surface area contributed by atoms with Crippen LogP contribution in [0.4, 0.5) is 0 Å². The molecule has 2 saturated heterocycles. The summed E-state index contributed by atoms with van der Waals surface area (Å²) >= 11 is 0. The van der Waals surface area contributed by atoms with E-state index in [4.69, 9.17) is 0 Å². The van der Waals surface area contributed by atoms with Crippen molar-refractivity contribution in [1.29, 1.82) is 0 Å². The average Bonchev–Trinajstić information content (AvgIpc) is 4.11. The van der Waals surface area contributed by atoms with Gasteiger partial charge in [0, 0.05) is 36.3 Å². The Morgan fingerprint density at radius 1 is 0.512 bits per heavy atom. The van der Waals surface area contributed by atoms with Crippen molar-refractivity contribution in [2.75, 3.05) is 27.2 Å². The number of carbonyl (C=O) groups excluding carboxylic acids is 8. The number of rotatable bonds is 16. The first-order chi connectivity index (χ1) is 37.9. The quantitative estimate of drug-likeness (QED) is 0.0755. The number of carbonyl (C=O) groups is 8. The molecule has 0 radical (unpaired) electrons. The van der Waals surface area contributed by atoms with Gasteiger partial charge in [-0.05, 0) is 147 Å². The van der Waals surface area contributed by atoms with Gasteiger partial charge in [-0.2, -0.15) is 0 Å². The van der Waals surface area contributed by atoms with E-state index in [9.17, 15) is 38.4 Å². The molecule has 2 heterocycles. The highest BCUT2D eigenvalue weighted by molar-refractivity contribution is 6.03. The number of benzene rings is 4. The van der Waals surface area contributed by atoms with Crippen LogP contribution in [0.5, 0.6) is 0 Å². The number of nitrogens with zero attached hydrogens (tertiary/aromatic N) is 2. The topological polar surface area (TPSA) is 239 Å². The zero-order valence-electron chi connectivity index (χ0n) is 48.1. The number of amides is 8. The monoisotopic (exact) mass is 1090 g/mol. The van der Waals surface area contributed by atoms with Crippen LogP contribution in [0.25, 0.3) is 10.8 Å². The summed E-state index contributed by atoms with van der Waals surface area (Å²) in [7, 11) is 3.33. The summed E-state index contributed by atoms with van der Waals surface area (Å²) in [5, 5.41) is 25.7. The van der Waals surface area contributed by atoms with Crippen molar-refractivity contribution in [3.05, 3.63) is 118 Å². The number of fused-ring (bicyclic) bond motifs is 3. The smallest absolute Gasteiger partial charge is 0.251 e. The molecule has 4 aliphatic rings. The number of hydrogen-bond donors (Lipinski definition) is 8. The van der Waals surface area contributed by atoms with Crippen LogP contribution in [0.1, 0.15) is 149 Å². The van der Waals surface area contributed by atoms with E-state index in [0.29, 0.717) is 21.9 Å². The van der Waals surface area contributed by atoms with Gasteiger partial charge in [0.05, 0.1) is 24.2 Å². The van der Waals surface area contributed by atoms with Crippen LogP contribution in [0.15, 0.2) is 84.9 Å². The summed E-state index contributed by atoms with van der Waals surface area (Å²) in [6, 6.07) is 19.7. The van der Waals surface area contributed by atoms with E-state index in [1.807, 2.05) is 77.9 Å². The molecule has 8 rings (SSSR count). The molecule has 18 nitrogen and oxygen atoms in total. The van der Waals surface area contributed by atoms with E-state index < -0.39 is 82.8 Å². The maximum absolute atomic E-state index is 14.7. The number of hydrogen-bond acceptors (Lipinski definition) is 10. The van der Waals surface area contributed by atoms with Crippen LogP contribution in [-0.4, -0.2) is 133 Å². The minimum Gasteiger partial charge on any atom is -0.347 e. The second-order valence-corrected chi connectivity index (χ2v) is 24.5. The largest absolute Gasteiger partial charge is 0.347 e. The minimum absolute atomic E-state index is 0.0388. The third-order valence-corrected chi connectivity index (χ3v) is 16.6. The van der Waals surface area contributed by atoms with Gasteiger partial charge in [0.25, 0.3) is 11.8 Å². The Bertz CT molecular complexity index is 2800. The maximum atomic E-state index is 14.7. The fourth-order valence-electron chi connectivity index (χ4n) is 11.7. The van der Waals surface area contributed by atoms with Gasteiger partial charge in [-0.15, -0.1) is 0 Å². The first-order valence-corrected chi connectivity index (χ1v) is 28.4. The molecule has 10 atom stereocenters. The van der Waals surface area contributed by atoms with Crippen LogP contribution < -0.4 is 42.5 Å². The molecule has 0 saturated carbocycles. The number of likely N-dealkylation sites (N-methyl/N-ethyl adjacent to an activating group) is 2. The van der Waals surface area contributed by atoms with Gasteiger partial charge in [-0.25, -0.2) is 0 Å². The summed E-state index contributed by atoms with van der Waals surface area (Å²) in [6.07, 6.45) is 5.43. The van der Waals surface area contributed by atoms with Crippen LogP contribution in [-0.2, 0) is 41.6 Å². The molecule has 8 N–H and O–H groups in total. The Morgan fingerprint density at radius 3 is 1.25 bits per heavy atom. The molecule has 80 heavy (non-hydrogen) atoms. The molecular weight excluding hydrogens is 1010 g/mol. The highest BCUT2D eigenvalue weighted by atomic mass is 16.2. The first kappa shape index (κ1) is 59.0. The van der Waals surface area contributed by atoms with Gasteiger partial charge in [0.2, 0.25) is 35.4 Å². The fraction of sp³-hybridized carbons (Fsp3) is 0.516. The highest BCUT2D eigenvalue weighted by Crippen LogP contribution is 2.34. The molecule has 0 bridgehead atoms. The summed E-state index contributed by atoms with van der Waals surface area (Å²) in [5.74, 6) is -3.02. The minimum atomic E-state index is -0.969. The van der Waals surface area contributed by atoms with Crippen molar-refractivity contribution >= 4 is 58.0 Å². The zero-order valence-corrected chi connectivity index (χ0v) is 48.1. The molecule has 0 spiro atoms. The number of nitrogens with one attached hydrogen (secondary N) is 8. The predicted octanol–water partition coefficient (Wildman–Crippen LogP) is 4.90. The fourth-order valence-corrected chi connectivity index (χ4v) is 11.7. The molecule has 0 aromatic heterocycles. The van der Waals surface area contributed by atoms with Gasteiger partial charge in [0.15, 0.2) is 0 Å². The van der Waals surface area contributed by atoms with Crippen molar-refractivity contribution in [2.24, 2.45) is 10.8 Å². The third kappa shape index (κ3) is 13.3. The molecule has 4 aromatic rings. The summed E-state index contributed by atoms with van der Waals surface area (Å²) in [5.41, 5.74) is 3.68. The molecule has 2 aliphatic carbocycles. The van der Waals surface area contributed by atoms with E-state index in [-0.39, 0.29) is 61.6 Å². The van der Waals surface area contributed by atoms with Crippen LogP contribution in [0.3, 0.4) is 0 Å². The van der Waals surface area contributed by atoms with Gasteiger partial charge in [0.1, 0.15) is 24.2 Å². The summed E-state index contributed by atoms with van der Waals surface area (Å²) in [6.45, 7) is 14.7. The number of aryl methyl sites for hydroxylation is 2. The van der Waals surface area contributed by atoms with Gasteiger partial charge in [-0.3, -0.25) is 38.4 Å². The Kier molecular flexibility index (Phi) is 18.2. The zero-order chi connectivity index (χ0) is 57.8. The van der Waals surface area contributed by atoms with E-state index >= 15 is 0 Å². The van der Waals surface area contributed by atoms with Gasteiger partial charge < -0.3 is 52.3 Å². The number of likely N-dealkylation sites (tertiary alicyclic amines) is 2. The van der Waals surface area contributed by atoms with Crippen molar-refractivity contribution in [3.63, 3.8) is 0 Å². The molecule has 2 aliphatic heterocycles. The van der Waals surface area contributed by atoms with E-state index in [1.54, 1.807) is 64.3 Å². The summed E-state index contributed by atoms with van der Waals surface area (Å²) in [4.78, 5) is 116. The van der Waals surface area contributed by atoms with Crippen molar-refractivity contribution in [1.82, 2.24) is 52.3 Å². The lowest BCUT2D eigenvalue weighted by Gasteiger charge is -2.36. The normalized spacial score (nSPS) is 22.4. The van der Waals surface area contributed by atoms with Crippen LogP contribution in [0, 0.1) is 10.8 Å². The Labute approximate surface area is 470 Å². The second-order valence-electron chi connectivity index (χ2n) is 24.5. The van der Waals surface area contributed by atoms with Crippen molar-refractivity contribution < 1.29 is 38.4 Å². The molecular formula is C62H82N10O8. The molecule has 2 unspecified atom stereocenters. The first-order valence-electron chi connectivity index (χ1n) is 28.4. The Morgan fingerprint density at radius 2 is 0.887 bits per heavy atom. The molecule has 4 aromatic carbocycles. The van der Waals surface area contributed by atoms with E-state index in [1.165, 1.54) is 20.9 Å². The van der Waals surface area contributed by atoms with Crippen LogP contribution in [0.2, 0.25) is 0 Å². The Balaban J connectivity index is 0.976. The maximum Gasteiger partial charge on any atom is 0.251 e. The van der Waals surface area contributed by atoms with Crippen molar-refractivity contribution in [3.8, 4) is 0 Å². The standard InChI is InChI=1S/C62H82N10O8/c1-35(63-9)53(73)69-51(61(3,4)5)59(79)71-33-43(31-49(71)57(77)67-47-23-15-19-37-17-11-13-21-45(37)47)65-55(75)41-27-25-40-30-42(28-26-39(40)29-41)56(76)66-44-32-50(58(78)68-48-24-16-20-38-18-12-14-22-46(38)48)72(34-44)60(80)52(62(6,7)8)70-54(74)36(2)64-10/h11-14,17-18,21-22,25-30,35-36,43-44,47-52,63-64H,15-16,19-20,23-24,31-34H2,1-10H3,(H,65,75)(H,66,76)(H,67,77)(H,68,78)(H,69,73)(H,70,74)/t35-,36-,43-,44-,47?,48?,49-,50-,51+,52+/m0/s1. The van der Waals surface area contributed by atoms with Crippen LogP contribution >= 0.6 is 0 Å². The Hall–Kier alpha value is -7.18. The lowest BCUT2D eigenvalue weighted by Crippen LogP contribution is -2.59. The van der Waals surface area contributed by atoms with E-state index in [2.05, 4.69) is 54.7 Å². The highest BCUT2D eigenvalue weighted by Gasteiger charge is 2.48. The van der Waals surface area contributed by atoms with Gasteiger partial charge >= 0.3 is 0 Å². The molecule has 2 fully saturated rings.